The molecule has 0 saturated heterocycles. The fraction of sp³-hybridized carbons (Fsp3) is 0.529. The monoisotopic (exact) mass is 336 g/mol. The molecule has 1 heterocycles. The molecule has 1 N–H and O–H groups in total. The van der Waals surface area contributed by atoms with E-state index in [1.807, 2.05) is 25.1 Å². The van der Waals surface area contributed by atoms with Crippen molar-refractivity contribution in [1.29, 1.82) is 0 Å². The summed E-state index contributed by atoms with van der Waals surface area (Å²) in [5, 5.41) is 12.1. The molecule has 5 nitrogen and oxygen atoms in total. The van der Waals surface area contributed by atoms with Crippen LogP contribution in [0.3, 0.4) is 0 Å². The smallest absolute Gasteiger partial charge is 0.138 e. The highest BCUT2D eigenvalue weighted by Crippen LogP contribution is 2.26. The van der Waals surface area contributed by atoms with Crippen LogP contribution in [0.15, 0.2) is 24.5 Å². The van der Waals surface area contributed by atoms with E-state index in [-0.39, 0.29) is 6.10 Å². The van der Waals surface area contributed by atoms with Gasteiger partial charge in [0.25, 0.3) is 0 Å². The highest BCUT2D eigenvalue weighted by Gasteiger charge is 2.07. The van der Waals surface area contributed by atoms with E-state index >= 15 is 0 Å². The molecule has 23 heavy (non-hydrogen) atoms. The largest absolute Gasteiger partial charge is 0.489 e. The number of nitrogens with zero attached hydrogens (tertiary/aromatic N) is 3. The van der Waals surface area contributed by atoms with Gasteiger partial charge in [-0.05, 0) is 38.0 Å². The predicted octanol–water partition coefficient (Wildman–Crippen LogP) is 3.46. The van der Waals surface area contributed by atoms with Crippen molar-refractivity contribution in [2.24, 2.45) is 0 Å². The Labute approximate surface area is 143 Å². The maximum absolute atomic E-state index is 6.29. The minimum atomic E-state index is 0.174. The second kappa shape index (κ2) is 8.89. The lowest BCUT2D eigenvalue weighted by molar-refractivity contribution is 0.217. The van der Waals surface area contributed by atoms with Crippen molar-refractivity contribution in [1.82, 2.24) is 20.1 Å². The SMILES string of the molecule is CC[C@@H](C)Oc1ccc(CNCCc2nncn2CC)cc1Cl. The number of aryl methyl sites for hydroxylation is 1. The minimum Gasteiger partial charge on any atom is -0.489 e. The van der Waals surface area contributed by atoms with Crippen LogP contribution >= 0.6 is 11.6 Å². The van der Waals surface area contributed by atoms with Gasteiger partial charge in [-0.3, -0.25) is 0 Å². The van der Waals surface area contributed by atoms with Crippen LogP contribution in [-0.2, 0) is 19.5 Å². The van der Waals surface area contributed by atoms with Crippen molar-refractivity contribution in [2.75, 3.05) is 6.54 Å². The van der Waals surface area contributed by atoms with Gasteiger partial charge in [0.1, 0.15) is 17.9 Å². The van der Waals surface area contributed by atoms with Gasteiger partial charge >= 0.3 is 0 Å². The Hall–Kier alpha value is -1.59. The summed E-state index contributed by atoms with van der Waals surface area (Å²) in [6, 6.07) is 5.95. The number of hydrogen-bond donors (Lipinski definition) is 1. The molecule has 0 aliphatic carbocycles. The van der Waals surface area contributed by atoms with E-state index in [0.29, 0.717) is 5.02 Å². The number of rotatable bonds is 9. The minimum absolute atomic E-state index is 0.174. The van der Waals surface area contributed by atoms with Gasteiger partial charge in [0, 0.05) is 26.1 Å². The van der Waals surface area contributed by atoms with Crippen molar-refractivity contribution in [2.45, 2.75) is 52.8 Å². The quantitative estimate of drug-likeness (QED) is 0.712. The summed E-state index contributed by atoms with van der Waals surface area (Å²) >= 11 is 6.29. The summed E-state index contributed by atoms with van der Waals surface area (Å²) in [4.78, 5) is 0. The summed E-state index contributed by atoms with van der Waals surface area (Å²) in [6.07, 6.45) is 3.76. The van der Waals surface area contributed by atoms with Gasteiger partial charge in [0.15, 0.2) is 0 Å². The highest BCUT2D eigenvalue weighted by molar-refractivity contribution is 6.32. The Balaban J connectivity index is 1.81. The summed E-state index contributed by atoms with van der Waals surface area (Å²) in [7, 11) is 0. The number of nitrogens with one attached hydrogen (secondary N) is 1. The second-order valence-electron chi connectivity index (χ2n) is 5.56. The number of benzene rings is 1. The summed E-state index contributed by atoms with van der Waals surface area (Å²) in [6.45, 7) is 8.74. The van der Waals surface area contributed by atoms with E-state index in [1.165, 1.54) is 0 Å². The van der Waals surface area contributed by atoms with E-state index < -0.39 is 0 Å². The third-order valence-corrected chi connectivity index (χ3v) is 4.09. The maximum atomic E-state index is 6.29. The van der Waals surface area contributed by atoms with Crippen molar-refractivity contribution >= 4 is 11.6 Å². The zero-order valence-corrected chi connectivity index (χ0v) is 14.8. The molecule has 0 radical (unpaired) electrons. The highest BCUT2D eigenvalue weighted by atomic mass is 35.5. The lowest BCUT2D eigenvalue weighted by Crippen LogP contribution is -2.18. The van der Waals surface area contributed by atoms with Crippen LogP contribution in [0.4, 0.5) is 0 Å². The number of hydrogen-bond acceptors (Lipinski definition) is 4. The molecular formula is C17H25ClN4O. The number of halogens is 1. The molecule has 2 rings (SSSR count). The van der Waals surface area contributed by atoms with Crippen molar-refractivity contribution < 1.29 is 4.74 Å². The Kier molecular flexibility index (Phi) is 6.86. The molecule has 0 aliphatic rings. The number of aromatic nitrogens is 3. The molecule has 0 bridgehead atoms. The van der Waals surface area contributed by atoms with E-state index in [4.69, 9.17) is 16.3 Å². The summed E-state index contributed by atoms with van der Waals surface area (Å²) in [5.41, 5.74) is 1.14. The van der Waals surface area contributed by atoms with Gasteiger partial charge < -0.3 is 14.6 Å². The van der Waals surface area contributed by atoms with Crippen LogP contribution in [0.5, 0.6) is 5.75 Å². The van der Waals surface area contributed by atoms with Gasteiger partial charge in [0.2, 0.25) is 0 Å². The Morgan fingerprint density at radius 2 is 2.17 bits per heavy atom. The normalized spacial score (nSPS) is 12.3. The van der Waals surface area contributed by atoms with Crippen LogP contribution in [0.25, 0.3) is 0 Å². The Morgan fingerprint density at radius 3 is 2.87 bits per heavy atom. The summed E-state index contributed by atoms with van der Waals surface area (Å²) in [5.74, 6) is 1.76. The van der Waals surface area contributed by atoms with E-state index in [2.05, 4.69) is 33.9 Å². The standard InChI is InChI=1S/C17H25ClN4O/c1-4-13(3)23-16-7-6-14(10-15(16)18)11-19-9-8-17-21-20-12-22(17)5-2/h6-7,10,12-13,19H,4-5,8-9,11H2,1-3H3/t13-/m1/s1. The maximum Gasteiger partial charge on any atom is 0.138 e. The molecule has 0 unspecified atom stereocenters. The lowest BCUT2D eigenvalue weighted by Gasteiger charge is -2.14. The van der Waals surface area contributed by atoms with Crippen molar-refractivity contribution in [3.05, 3.63) is 40.9 Å². The molecule has 1 atom stereocenters. The molecule has 0 aliphatic heterocycles. The zero-order chi connectivity index (χ0) is 16.7. The van der Waals surface area contributed by atoms with Crippen LogP contribution in [0.2, 0.25) is 5.02 Å². The molecule has 1 aromatic heterocycles. The first-order valence-electron chi connectivity index (χ1n) is 8.16. The lowest BCUT2D eigenvalue weighted by atomic mass is 10.2. The fourth-order valence-corrected chi connectivity index (χ4v) is 2.47. The van der Waals surface area contributed by atoms with E-state index in [1.54, 1.807) is 6.33 Å². The molecule has 1 aromatic carbocycles. The molecular weight excluding hydrogens is 312 g/mol. The van der Waals surface area contributed by atoms with E-state index in [0.717, 1.165) is 49.6 Å². The topological polar surface area (TPSA) is 52.0 Å². The molecule has 0 fully saturated rings. The fourth-order valence-electron chi connectivity index (χ4n) is 2.22. The molecule has 0 saturated carbocycles. The van der Waals surface area contributed by atoms with Crippen LogP contribution in [0, 0.1) is 0 Å². The van der Waals surface area contributed by atoms with Crippen molar-refractivity contribution in [3.63, 3.8) is 0 Å². The van der Waals surface area contributed by atoms with Crippen LogP contribution in [-0.4, -0.2) is 27.4 Å². The van der Waals surface area contributed by atoms with Crippen molar-refractivity contribution in [3.8, 4) is 5.75 Å². The third-order valence-electron chi connectivity index (χ3n) is 3.79. The zero-order valence-electron chi connectivity index (χ0n) is 14.1. The Morgan fingerprint density at radius 1 is 1.35 bits per heavy atom. The molecule has 0 spiro atoms. The molecule has 6 heteroatoms. The predicted molar refractivity (Wildman–Crippen MR) is 92.9 cm³/mol. The van der Waals surface area contributed by atoms with Gasteiger partial charge in [-0.15, -0.1) is 10.2 Å². The first-order valence-corrected chi connectivity index (χ1v) is 8.54. The van der Waals surface area contributed by atoms with Gasteiger partial charge in [0.05, 0.1) is 11.1 Å². The molecule has 0 amide bonds. The Bertz CT molecular complexity index is 614. The van der Waals surface area contributed by atoms with Crippen LogP contribution < -0.4 is 10.1 Å². The first-order chi connectivity index (χ1) is 11.1. The second-order valence-corrected chi connectivity index (χ2v) is 5.97. The summed E-state index contributed by atoms with van der Waals surface area (Å²) < 4.78 is 7.83. The van der Waals surface area contributed by atoms with Gasteiger partial charge in [-0.2, -0.15) is 0 Å². The van der Waals surface area contributed by atoms with Gasteiger partial charge in [-0.1, -0.05) is 24.6 Å². The third kappa shape index (κ3) is 5.22. The average Bonchev–Trinajstić information content (AvgIpc) is 3.01. The first kappa shape index (κ1) is 17.8. The molecule has 2 aromatic rings. The van der Waals surface area contributed by atoms with Crippen LogP contribution in [0.1, 0.15) is 38.6 Å². The van der Waals surface area contributed by atoms with E-state index in [9.17, 15) is 0 Å². The molecule has 126 valence electrons. The van der Waals surface area contributed by atoms with Gasteiger partial charge in [-0.25, -0.2) is 0 Å². The average molecular weight is 337 g/mol. The number of ether oxygens (including phenoxy) is 1.